The normalized spacial score (nSPS) is 11.3. The van der Waals surface area contributed by atoms with Crippen LogP contribution in [-0.2, 0) is 4.79 Å². The van der Waals surface area contributed by atoms with E-state index in [1.165, 1.54) is 0 Å². The summed E-state index contributed by atoms with van der Waals surface area (Å²) in [6.07, 6.45) is -0.635. The SMILES string of the molecule is C[C@@H](Oc1cccc(C#N)c1)C(=O)N(C)c1ccccc1. The van der Waals surface area contributed by atoms with Gasteiger partial charge in [0.05, 0.1) is 11.6 Å². The number of likely N-dealkylation sites (N-methyl/N-ethyl adjacent to an activating group) is 1. The summed E-state index contributed by atoms with van der Waals surface area (Å²) in [6.45, 7) is 1.70. The van der Waals surface area contributed by atoms with Gasteiger partial charge in [0.25, 0.3) is 5.91 Å². The summed E-state index contributed by atoms with van der Waals surface area (Å²) in [6, 6.07) is 18.2. The molecule has 0 aliphatic heterocycles. The highest BCUT2D eigenvalue weighted by Crippen LogP contribution is 2.17. The lowest BCUT2D eigenvalue weighted by Gasteiger charge is -2.22. The van der Waals surface area contributed by atoms with Gasteiger partial charge in [0.15, 0.2) is 6.10 Å². The number of nitriles is 1. The van der Waals surface area contributed by atoms with E-state index in [2.05, 4.69) is 0 Å². The number of ether oxygens (including phenoxy) is 1. The van der Waals surface area contributed by atoms with Crippen LogP contribution in [0.15, 0.2) is 54.6 Å². The fraction of sp³-hybridized carbons (Fsp3) is 0.176. The molecular formula is C17H16N2O2. The van der Waals surface area contributed by atoms with Gasteiger partial charge in [-0.25, -0.2) is 0 Å². The van der Waals surface area contributed by atoms with Crippen LogP contribution in [0, 0.1) is 11.3 Å². The number of nitrogens with zero attached hydrogens (tertiary/aromatic N) is 2. The van der Waals surface area contributed by atoms with Crippen molar-refractivity contribution >= 4 is 11.6 Å². The van der Waals surface area contributed by atoms with Crippen molar-refractivity contribution in [1.82, 2.24) is 0 Å². The van der Waals surface area contributed by atoms with Crippen LogP contribution in [0.25, 0.3) is 0 Å². The third kappa shape index (κ3) is 3.61. The zero-order valence-electron chi connectivity index (χ0n) is 12.0. The molecule has 1 amide bonds. The van der Waals surface area contributed by atoms with Crippen LogP contribution in [0.2, 0.25) is 0 Å². The molecule has 0 aliphatic carbocycles. The first-order valence-electron chi connectivity index (χ1n) is 6.61. The Balaban J connectivity index is 2.07. The minimum atomic E-state index is -0.635. The molecule has 2 aromatic rings. The molecule has 0 heterocycles. The largest absolute Gasteiger partial charge is 0.481 e. The molecule has 106 valence electrons. The number of amides is 1. The number of hydrogen-bond acceptors (Lipinski definition) is 3. The Morgan fingerprint density at radius 2 is 1.90 bits per heavy atom. The van der Waals surface area contributed by atoms with E-state index in [0.717, 1.165) is 5.69 Å². The third-order valence-corrected chi connectivity index (χ3v) is 3.10. The van der Waals surface area contributed by atoms with Crippen LogP contribution in [0.1, 0.15) is 12.5 Å². The molecular weight excluding hydrogens is 264 g/mol. The van der Waals surface area contributed by atoms with Crippen molar-refractivity contribution in [3.8, 4) is 11.8 Å². The molecule has 1 atom stereocenters. The van der Waals surface area contributed by atoms with Gasteiger partial charge in [0, 0.05) is 12.7 Å². The molecule has 0 radical (unpaired) electrons. The Morgan fingerprint density at radius 1 is 1.19 bits per heavy atom. The summed E-state index contributed by atoms with van der Waals surface area (Å²) in [4.78, 5) is 13.9. The fourth-order valence-corrected chi connectivity index (χ4v) is 1.95. The quantitative estimate of drug-likeness (QED) is 0.865. The Hall–Kier alpha value is -2.80. The van der Waals surface area contributed by atoms with Gasteiger partial charge in [0.1, 0.15) is 5.75 Å². The first-order valence-corrected chi connectivity index (χ1v) is 6.61. The lowest BCUT2D eigenvalue weighted by atomic mass is 10.2. The van der Waals surface area contributed by atoms with Gasteiger partial charge in [-0.3, -0.25) is 4.79 Å². The number of anilines is 1. The number of benzene rings is 2. The predicted octanol–water partition coefficient (Wildman–Crippen LogP) is 2.99. The van der Waals surface area contributed by atoms with Crippen LogP contribution >= 0.6 is 0 Å². The zero-order valence-corrected chi connectivity index (χ0v) is 12.0. The average molecular weight is 280 g/mol. The molecule has 0 aromatic heterocycles. The topological polar surface area (TPSA) is 53.3 Å². The zero-order chi connectivity index (χ0) is 15.2. The van der Waals surface area contributed by atoms with Crippen molar-refractivity contribution in [2.24, 2.45) is 0 Å². The van der Waals surface area contributed by atoms with E-state index in [9.17, 15) is 4.79 Å². The van der Waals surface area contributed by atoms with Gasteiger partial charge in [-0.2, -0.15) is 5.26 Å². The predicted molar refractivity (Wildman–Crippen MR) is 81.1 cm³/mol. The number of rotatable bonds is 4. The third-order valence-electron chi connectivity index (χ3n) is 3.10. The van der Waals surface area contributed by atoms with E-state index < -0.39 is 6.10 Å². The van der Waals surface area contributed by atoms with Crippen molar-refractivity contribution in [2.45, 2.75) is 13.0 Å². The first kappa shape index (κ1) is 14.6. The van der Waals surface area contributed by atoms with Gasteiger partial charge >= 0.3 is 0 Å². The van der Waals surface area contributed by atoms with Crippen molar-refractivity contribution in [3.63, 3.8) is 0 Å². The Bertz CT molecular complexity index is 662. The maximum Gasteiger partial charge on any atom is 0.267 e. The highest BCUT2D eigenvalue weighted by atomic mass is 16.5. The average Bonchev–Trinajstić information content (AvgIpc) is 2.54. The van der Waals surface area contributed by atoms with Crippen molar-refractivity contribution in [2.75, 3.05) is 11.9 Å². The Kier molecular flexibility index (Phi) is 4.57. The van der Waals surface area contributed by atoms with Crippen LogP contribution in [0.3, 0.4) is 0 Å². The minimum Gasteiger partial charge on any atom is -0.481 e. The van der Waals surface area contributed by atoms with E-state index in [4.69, 9.17) is 10.00 Å². The summed E-state index contributed by atoms with van der Waals surface area (Å²) >= 11 is 0. The van der Waals surface area contributed by atoms with E-state index in [1.807, 2.05) is 36.4 Å². The summed E-state index contributed by atoms with van der Waals surface area (Å²) in [5.74, 6) is 0.361. The fourth-order valence-electron chi connectivity index (χ4n) is 1.95. The summed E-state index contributed by atoms with van der Waals surface area (Å²) < 4.78 is 5.62. The summed E-state index contributed by atoms with van der Waals surface area (Å²) in [7, 11) is 1.71. The van der Waals surface area contributed by atoms with Gasteiger partial charge < -0.3 is 9.64 Å². The molecule has 0 bridgehead atoms. The van der Waals surface area contributed by atoms with Crippen LogP contribution in [0.4, 0.5) is 5.69 Å². The number of carbonyl (C=O) groups is 1. The highest BCUT2D eigenvalue weighted by molar-refractivity contribution is 5.95. The standard InChI is InChI=1S/C17H16N2O2/c1-13(21-16-10-6-7-14(11-16)12-18)17(20)19(2)15-8-4-3-5-9-15/h3-11,13H,1-2H3/t13-/m1/s1. The minimum absolute atomic E-state index is 0.149. The van der Waals surface area contributed by atoms with Gasteiger partial charge in [-0.15, -0.1) is 0 Å². The number of carbonyl (C=O) groups excluding carboxylic acids is 1. The first-order chi connectivity index (χ1) is 10.1. The summed E-state index contributed by atoms with van der Waals surface area (Å²) in [5, 5.41) is 8.86. The number of para-hydroxylation sites is 1. The number of hydrogen-bond donors (Lipinski definition) is 0. The van der Waals surface area contributed by atoms with Gasteiger partial charge in [-0.05, 0) is 37.3 Å². The molecule has 0 spiro atoms. The van der Waals surface area contributed by atoms with Crippen LogP contribution < -0.4 is 9.64 Å². The molecule has 0 saturated carbocycles. The van der Waals surface area contributed by atoms with Crippen molar-refractivity contribution in [1.29, 1.82) is 5.26 Å². The molecule has 21 heavy (non-hydrogen) atoms. The van der Waals surface area contributed by atoms with E-state index in [0.29, 0.717) is 11.3 Å². The monoisotopic (exact) mass is 280 g/mol. The Morgan fingerprint density at radius 3 is 2.57 bits per heavy atom. The maximum atomic E-state index is 12.3. The van der Waals surface area contributed by atoms with Crippen LogP contribution in [0.5, 0.6) is 5.75 Å². The Labute approximate surface area is 124 Å². The highest BCUT2D eigenvalue weighted by Gasteiger charge is 2.20. The second-order valence-corrected chi connectivity index (χ2v) is 4.63. The van der Waals surface area contributed by atoms with Crippen LogP contribution in [-0.4, -0.2) is 19.1 Å². The molecule has 0 saturated heterocycles. The molecule has 0 N–H and O–H groups in total. The molecule has 0 unspecified atom stereocenters. The van der Waals surface area contributed by atoms with Crippen molar-refractivity contribution in [3.05, 3.63) is 60.2 Å². The second kappa shape index (κ2) is 6.58. The molecule has 2 rings (SSSR count). The van der Waals surface area contributed by atoms with E-state index in [-0.39, 0.29) is 5.91 Å². The second-order valence-electron chi connectivity index (χ2n) is 4.63. The van der Waals surface area contributed by atoms with E-state index in [1.54, 1.807) is 43.1 Å². The molecule has 4 nitrogen and oxygen atoms in total. The van der Waals surface area contributed by atoms with E-state index >= 15 is 0 Å². The van der Waals surface area contributed by atoms with Gasteiger partial charge in [0.2, 0.25) is 0 Å². The van der Waals surface area contributed by atoms with Crippen molar-refractivity contribution < 1.29 is 9.53 Å². The molecule has 2 aromatic carbocycles. The maximum absolute atomic E-state index is 12.3. The lowest BCUT2D eigenvalue weighted by Crippen LogP contribution is -2.38. The molecule has 0 aliphatic rings. The van der Waals surface area contributed by atoms with Gasteiger partial charge in [-0.1, -0.05) is 24.3 Å². The lowest BCUT2D eigenvalue weighted by molar-refractivity contribution is -0.124. The molecule has 4 heteroatoms. The smallest absolute Gasteiger partial charge is 0.267 e. The summed E-state index contributed by atoms with van der Waals surface area (Å²) in [5.41, 5.74) is 1.31. The molecule has 0 fully saturated rings.